The summed E-state index contributed by atoms with van der Waals surface area (Å²) in [4.78, 5) is 24.6. The highest BCUT2D eigenvalue weighted by Gasteiger charge is 2.10. The first kappa shape index (κ1) is 18.5. The number of methoxy groups -OCH3 is 1. The molecule has 0 spiro atoms. The lowest BCUT2D eigenvalue weighted by Gasteiger charge is -2.09. The predicted molar refractivity (Wildman–Crippen MR) is 107 cm³/mol. The second kappa shape index (κ2) is 8.38. The van der Waals surface area contributed by atoms with Gasteiger partial charge in [-0.25, -0.2) is 0 Å². The molecule has 5 nitrogen and oxygen atoms in total. The number of hydrogen-bond donors (Lipinski definition) is 2. The fraction of sp³-hybridized carbons (Fsp3) is 0.0476. The van der Waals surface area contributed by atoms with Crippen LogP contribution in [0.4, 0.5) is 11.4 Å². The normalized spacial score (nSPS) is 10.1. The zero-order chi connectivity index (χ0) is 19.2. The van der Waals surface area contributed by atoms with E-state index < -0.39 is 0 Å². The maximum Gasteiger partial charge on any atom is 0.255 e. The van der Waals surface area contributed by atoms with Crippen LogP contribution in [-0.4, -0.2) is 18.9 Å². The average Bonchev–Trinajstić information content (AvgIpc) is 2.69. The first-order chi connectivity index (χ1) is 13.1. The summed E-state index contributed by atoms with van der Waals surface area (Å²) < 4.78 is 5.09. The molecular weight excluding hydrogens is 364 g/mol. The summed E-state index contributed by atoms with van der Waals surface area (Å²) in [5, 5.41) is 5.96. The lowest BCUT2D eigenvalue weighted by Crippen LogP contribution is -2.14. The maximum absolute atomic E-state index is 12.4. The van der Waals surface area contributed by atoms with Crippen LogP contribution >= 0.6 is 11.6 Å². The number of rotatable bonds is 5. The highest BCUT2D eigenvalue weighted by atomic mass is 35.5. The van der Waals surface area contributed by atoms with E-state index in [-0.39, 0.29) is 11.8 Å². The molecule has 0 saturated carbocycles. The van der Waals surface area contributed by atoms with Crippen molar-refractivity contribution in [3.8, 4) is 5.75 Å². The molecule has 3 aromatic rings. The molecule has 0 radical (unpaired) electrons. The Labute approximate surface area is 161 Å². The van der Waals surface area contributed by atoms with E-state index in [2.05, 4.69) is 10.6 Å². The van der Waals surface area contributed by atoms with Crippen LogP contribution in [0.2, 0.25) is 5.02 Å². The maximum atomic E-state index is 12.4. The van der Waals surface area contributed by atoms with Crippen molar-refractivity contribution in [3.63, 3.8) is 0 Å². The Morgan fingerprint density at radius 3 is 1.85 bits per heavy atom. The van der Waals surface area contributed by atoms with Crippen LogP contribution in [-0.2, 0) is 0 Å². The number of para-hydroxylation sites is 1. The highest BCUT2D eigenvalue weighted by Crippen LogP contribution is 2.27. The minimum atomic E-state index is -0.300. The molecule has 0 aliphatic heterocycles. The van der Waals surface area contributed by atoms with Gasteiger partial charge in [0.25, 0.3) is 11.8 Å². The molecule has 2 amide bonds. The van der Waals surface area contributed by atoms with Gasteiger partial charge in [-0.05, 0) is 54.6 Å². The summed E-state index contributed by atoms with van der Waals surface area (Å²) in [5.41, 5.74) is 2.15. The lowest BCUT2D eigenvalue weighted by atomic mass is 10.1. The summed E-state index contributed by atoms with van der Waals surface area (Å²) in [7, 11) is 1.52. The molecule has 0 saturated heterocycles. The van der Waals surface area contributed by atoms with Gasteiger partial charge in [-0.1, -0.05) is 29.8 Å². The summed E-state index contributed by atoms with van der Waals surface area (Å²) >= 11 is 6.06. The minimum absolute atomic E-state index is 0.241. The molecule has 0 aliphatic carbocycles. The Morgan fingerprint density at radius 1 is 0.778 bits per heavy atom. The van der Waals surface area contributed by atoms with Crippen molar-refractivity contribution in [1.29, 1.82) is 0 Å². The van der Waals surface area contributed by atoms with Crippen molar-refractivity contribution in [2.75, 3.05) is 17.7 Å². The lowest BCUT2D eigenvalue weighted by molar-refractivity contribution is 0.101. The number of amides is 2. The summed E-state index contributed by atoms with van der Waals surface area (Å²) in [6.45, 7) is 0. The van der Waals surface area contributed by atoms with E-state index in [4.69, 9.17) is 16.3 Å². The van der Waals surface area contributed by atoms with Crippen LogP contribution in [0.5, 0.6) is 5.75 Å². The number of halogens is 1. The van der Waals surface area contributed by atoms with E-state index in [0.717, 1.165) is 0 Å². The molecule has 0 aromatic heterocycles. The van der Waals surface area contributed by atoms with E-state index in [9.17, 15) is 9.59 Å². The largest absolute Gasteiger partial charge is 0.495 e. The highest BCUT2D eigenvalue weighted by molar-refractivity contribution is 6.32. The fourth-order valence-corrected chi connectivity index (χ4v) is 2.70. The smallest absolute Gasteiger partial charge is 0.255 e. The van der Waals surface area contributed by atoms with Gasteiger partial charge in [-0.15, -0.1) is 0 Å². The molecule has 0 aliphatic rings. The quantitative estimate of drug-likeness (QED) is 0.664. The molecule has 3 aromatic carbocycles. The average molecular weight is 381 g/mol. The molecule has 0 bridgehead atoms. The van der Waals surface area contributed by atoms with E-state index >= 15 is 0 Å². The van der Waals surface area contributed by atoms with Crippen molar-refractivity contribution >= 4 is 34.8 Å². The van der Waals surface area contributed by atoms with Crippen LogP contribution in [0.25, 0.3) is 0 Å². The predicted octanol–water partition coefficient (Wildman–Crippen LogP) is 4.85. The third-order valence-electron chi connectivity index (χ3n) is 3.85. The van der Waals surface area contributed by atoms with Crippen LogP contribution in [0, 0.1) is 0 Å². The number of nitrogens with one attached hydrogen (secondary N) is 2. The van der Waals surface area contributed by atoms with Crippen molar-refractivity contribution in [2.45, 2.75) is 0 Å². The molecule has 0 unspecified atom stereocenters. The van der Waals surface area contributed by atoms with E-state index in [1.165, 1.54) is 7.11 Å². The molecule has 27 heavy (non-hydrogen) atoms. The van der Waals surface area contributed by atoms with Gasteiger partial charge in [0, 0.05) is 22.5 Å². The van der Waals surface area contributed by atoms with E-state index in [1.54, 1.807) is 54.6 Å². The molecule has 136 valence electrons. The Morgan fingerprint density at radius 2 is 1.33 bits per heavy atom. The molecule has 0 fully saturated rings. The first-order valence-corrected chi connectivity index (χ1v) is 8.56. The van der Waals surface area contributed by atoms with Gasteiger partial charge in [0.15, 0.2) is 0 Å². The Kier molecular flexibility index (Phi) is 5.74. The first-order valence-electron chi connectivity index (χ1n) is 8.18. The molecule has 6 heteroatoms. The summed E-state index contributed by atoms with van der Waals surface area (Å²) in [6, 6.07) is 20.6. The van der Waals surface area contributed by atoms with Crippen molar-refractivity contribution in [3.05, 3.63) is 88.9 Å². The zero-order valence-corrected chi connectivity index (χ0v) is 15.3. The number of benzene rings is 3. The molecule has 0 atom stereocenters. The van der Waals surface area contributed by atoms with Gasteiger partial charge < -0.3 is 15.4 Å². The number of ether oxygens (including phenoxy) is 1. The van der Waals surface area contributed by atoms with Gasteiger partial charge in [0.1, 0.15) is 5.75 Å². The minimum Gasteiger partial charge on any atom is -0.495 e. The molecule has 3 rings (SSSR count). The van der Waals surface area contributed by atoms with E-state index in [0.29, 0.717) is 33.3 Å². The second-order valence-corrected chi connectivity index (χ2v) is 6.11. The second-order valence-electron chi connectivity index (χ2n) is 5.70. The Balaban J connectivity index is 1.66. The number of hydrogen-bond acceptors (Lipinski definition) is 3. The Hall–Kier alpha value is -3.31. The number of anilines is 2. The third kappa shape index (κ3) is 4.65. The van der Waals surface area contributed by atoms with Crippen LogP contribution in [0.1, 0.15) is 20.7 Å². The Bertz CT molecular complexity index is 957. The third-order valence-corrected chi connectivity index (χ3v) is 4.15. The van der Waals surface area contributed by atoms with Crippen LogP contribution < -0.4 is 15.4 Å². The van der Waals surface area contributed by atoms with Gasteiger partial charge in [-0.3, -0.25) is 9.59 Å². The zero-order valence-electron chi connectivity index (χ0n) is 14.5. The van der Waals surface area contributed by atoms with Crippen molar-refractivity contribution < 1.29 is 14.3 Å². The van der Waals surface area contributed by atoms with Crippen LogP contribution in [0.3, 0.4) is 0 Å². The topological polar surface area (TPSA) is 67.4 Å². The molecule has 2 N–H and O–H groups in total. The SMILES string of the molecule is COc1ccc(NC(=O)c2ccc(C(=O)Nc3ccccc3)cc2)cc1Cl. The summed E-state index contributed by atoms with van der Waals surface area (Å²) in [5.74, 6) is -0.00945. The number of carbonyl (C=O) groups is 2. The summed E-state index contributed by atoms with van der Waals surface area (Å²) in [6.07, 6.45) is 0. The fourth-order valence-electron chi connectivity index (χ4n) is 2.45. The molecular formula is C21H17ClN2O3. The van der Waals surface area contributed by atoms with Crippen molar-refractivity contribution in [1.82, 2.24) is 0 Å². The van der Waals surface area contributed by atoms with Gasteiger partial charge in [-0.2, -0.15) is 0 Å². The monoisotopic (exact) mass is 380 g/mol. The number of carbonyl (C=O) groups excluding carboxylic acids is 2. The van der Waals surface area contributed by atoms with E-state index in [1.807, 2.05) is 18.2 Å². The van der Waals surface area contributed by atoms with Crippen LogP contribution in [0.15, 0.2) is 72.8 Å². The molecule has 0 heterocycles. The van der Waals surface area contributed by atoms with Gasteiger partial charge in [0.2, 0.25) is 0 Å². The standard InChI is InChI=1S/C21H17ClN2O3/c1-27-19-12-11-17(13-18(19)22)24-21(26)15-9-7-14(8-10-15)20(25)23-16-5-3-2-4-6-16/h2-13H,1H3,(H,23,25)(H,24,26). The van der Waals surface area contributed by atoms with Gasteiger partial charge in [0.05, 0.1) is 12.1 Å². The van der Waals surface area contributed by atoms with Gasteiger partial charge >= 0.3 is 0 Å². The van der Waals surface area contributed by atoms with Crippen molar-refractivity contribution in [2.24, 2.45) is 0 Å².